The van der Waals surface area contributed by atoms with Crippen LogP contribution in [0.25, 0.3) is 0 Å². The molecule has 0 heterocycles. The van der Waals surface area contributed by atoms with Gasteiger partial charge in [-0.05, 0) is 34.6 Å². The van der Waals surface area contributed by atoms with Crippen molar-refractivity contribution in [2.24, 2.45) is 5.92 Å². The lowest BCUT2D eigenvalue weighted by atomic mass is 10.0. The summed E-state index contributed by atoms with van der Waals surface area (Å²) in [6, 6.07) is 0. The summed E-state index contributed by atoms with van der Waals surface area (Å²) in [7, 11) is 0. The zero-order valence-electron chi connectivity index (χ0n) is 10.8. The molecule has 0 fully saturated rings. The van der Waals surface area contributed by atoms with Gasteiger partial charge in [0.25, 0.3) is 0 Å². The Kier molecular flexibility index (Phi) is 6.26. The Morgan fingerprint density at radius 1 is 1.25 bits per heavy atom. The van der Waals surface area contributed by atoms with Crippen molar-refractivity contribution < 1.29 is 19.1 Å². The van der Waals surface area contributed by atoms with E-state index >= 15 is 0 Å². The molecule has 4 nitrogen and oxygen atoms in total. The molecule has 0 spiro atoms. The van der Waals surface area contributed by atoms with E-state index in [9.17, 15) is 9.59 Å². The van der Waals surface area contributed by atoms with Crippen molar-refractivity contribution in [1.82, 2.24) is 0 Å². The van der Waals surface area contributed by atoms with Gasteiger partial charge in [0.2, 0.25) is 0 Å². The minimum Gasteiger partial charge on any atom is -0.459 e. The van der Waals surface area contributed by atoms with Gasteiger partial charge in [0.15, 0.2) is 0 Å². The molecule has 4 heteroatoms. The smallest absolute Gasteiger partial charge is 0.316 e. The van der Waals surface area contributed by atoms with E-state index < -0.39 is 17.5 Å². The van der Waals surface area contributed by atoms with Crippen LogP contribution in [0.5, 0.6) is 0 Å². The predicted octanol–water partition coefficient (Wildman–Crippen LogP) is 1.96. The summed E-state index contributed by atoms with van der Waals surface area (Å²) in [4.78, 5) is 23.1. The minimum absolute atomic E-state index is 0.136. The van der Waals surface area contributed by atoms with Gasteiger partial charge >= 0.3 is 5.97 Å². The fourth-order valence-corrected chi connectivity index (χ4v) is 1.06. The molecule has 0 aliphatic heterocycles. The minimum atomic E-state index is -0.709. The SMILES string of the molecule is CCOCCC(=O)C(C)C(=O)OC(C)(C)C. The first-order chi connectivity index (χ1) is 7.28. The monoisotopic (exact) mass is 230 g/mol. The highest BCUT2D eigenvalue weighted by Crippen LogP contribution is 2.12. The summed E-state index contributed by atoms with van der Waals surface area (Å²) in [6.45, 7) is 9.72. The van der Waals surface area contributed by atoms with Gasteiger partial charge in [-0.2, -0.15) is 0 Å². The third kappa shape index (κ3) is 6.56. The highest BCUT2D eigenvalue weighted by Gasteiger charge is 2.26. The molecule has 0 aromatic heterocycles. The second-order valence-electron chi connectivity index (χ2n) is 4.67. The largest absolute Gasteiger partial charge is 0.459 e. The van der Waals surface area contributed by atoms with Gasteiger partial charge < -0.3 is 9.47 Å². The zero-order chi connectivity index (χ0) is 12.8. The molecular formula is C12H22O4. The molecule has 94 valence electrons. The summed E-state index contributed by atoms with van der Waals surface area (Å²) >= 11 is 0. The van der Waals surface area contributed by atoms with Gasteiger partial charge in [-0.3, -0.25) is 9.59 Å². The Morgan fingerprint density at radius 3 is 2.25 bits per heavy atom. The topological polar surface area (TPSA) is 52.6 Å². The average molecular weight is 230 g/mol. The molecule has 0 bridgehead atoms. The fraction of sp³-hybridized carbons (Fsp3) is 0.833. The Morgan fingerprint density at radius 2 is 1.81 bits per heavy atom. The Hall–Kier alpha value is -0.900. The Bertz CT molecular complexity index is 240. The van der Waals surface area contributed by atoms with Crippen LogP contribution in [0.1, 0.15) is 41.0 Å². The molecule has 0 radical (unpaired) electrons. The molecule has 0 aromatic carbocycles. The molecule has 1 atom stereocenters. The van der Waals surface area contributed by atoms with E-state index in [1.165, 1.54) is 0 Å². The van der Waals surface area contributed by atoms with Gasteiger partial charge in [0.1, 0.15) is 17.3 Å². The van der Waals surface area contributed by atoms with E-state index in [-0.39, 0.29) is 12.2 Å². The molecule has 0 saturated carbocycles. The van der Waals surface area contributed by atoms with Crippen molar-refractivity contribution >= 4 is 11.8 Å². The van der Waals surface area contributed by atoms with E-state index in [1.807, 2.05) is 6.92 Å². The summed E-state index contributed by atoms with van der Waals surface area (Å²) in [5.41, 5.74) is -0.550. The van der Waals surface area contributed by atoms with Crippen molar-refractivity contribution in [3.63, 3.8) is 0 Å². The van der Waals surface area contributed by atoms with Gasteiger partial charge in [0, 0.05) is 13.0 Å². The summed E-state index contributed by atoms with van der Waals surface area (Å²) in [5.74, 6) is -1.31. The number of ketones is 1. The molecule has 16 heavy (non-hydrogen) atoms. The maximum absolute atomic E-state index is 11.6. The molecule has 0 rings (SSSR count). The highest BCUT2D eigenvalue weighted by molar-refractivity contribution is 5.98. The molecule has 0 aliphatic rings. The first kappa shape index (κ1) is 15.1. The first-order valence-electron chi connectivity index (χ1n) is 5.61. The van der Waals surface area contributed by atoms with E-state index in [0.717, 1.165) is 0 Å². The average Bonchev–Trinajstić information content (AvgIpc) is 2.14. The lowest BCUT2D eigenvalue weighted by Gasteiger charge is -2.21. The third-order valence-electron chi connectivity index (χ3n) is 1.94. The second-order valence-corrected chi connectivity index (χ2v) is 4.67. The van der Waals surface area contributed by atoms with Crippen molar-refractivity contribution in [2.75, 3.05) is 13.2 Å². The maximum Gasteiger partial charge on any atom is 0.316 e. The van der Waals surface area contributed by atoms with Gasteiger partial charge in [0.05, 0.1) is 6.61 Å². The van der Waals surface area contributed by atoms with Crippen molar-refractivity contribution in [3.05, 3.63) is 0 Å². The van der Waals surface area contributed by atoms with E-state index in [1.54, 1.807) is 27.7 Å². The third-order valence-corrected chi connectivity index (χ3v) is 1.94. The maximum atomic E-state index is 11.6. The van der Waals surface area contributed by atoms with Gasteiger partial charge in [-0.25, -0.2) is 0 Å². The van der Waals surface area contributed by atoms with Crippen molar-refractivity contribution in [3.8, 4) is 0 Å². The van der Waals surface area contributed by atoms with Crippen molar-refractivity contribution in [1.29, 1.82) is 0 Å². The van der Waals surface area contributed by atoms with Crippen LogP contribution in [-0.2, 0) is 19.1 Å². The fourth-order valence-electron chi connectivity index (χ4n) is 1.06. The normalized spacial score (nSPS) is 13.3. The highest BCUT2D eigenvalue weighted by atomic mass is 16.6. The van der Waals surface area contributed by atoms with E-state index in [2.05, 4.69) is 0 Å². The zero-order valence-corrected chi connectivity index (χ0v) is 10.8. The van der Waals surface area contributed by atoms with Crippen molar-refractivity contribution in [2.45, 2.75) is 46.6 Å². The lowest BCUT2D eigenvalue weighted by Crippen LogP contribution is -2.31. The number of carbonyl (C=O) groups excluding carboxylic acids is 2. The van der Waals surface area contributed by atoms with E-state index in [0.29, 0.717) is 13.2 Å². The number of carbonyl (C=O) groups is 2. The number of hydrogen-bond donors (Lipinski definition) is 0. The van der Waals surface area contributed by atoms with Crippen LogP contribution >= 0.6 is 0 Å². The van der Waals surface area contributed by atoms with Crippen LogP contribution in [0.2, 0.25) is 0 Å². The van der Waals surface area contributed by atoms with Crippen LogP contribution in [-0.4, -0.2) is 30.6 Å². The molecule has 0 N–H and O–H groups in total. The predicted molar refractivity (Wildman–Crippen MR) is 61.1 cm³/mol. The van der Waals surface area contributed by atoms with Crippen LogP contribution in [0.4, 0.5) is 0 Å². The second kappa shape index (κ2) is 6.63. The number of Topliss-reactive ketones (excluding diaryl/α,β-unsaturated/α-hetero) is 1. The molecule has 0 saturated heterocycles. The molecular weight excluding hydrogens is 208 g/mol. The molecule has 0 amide bonds. The van der Waals surface area contributed by atoms with Crippen LogP contribution in [0, 0.1) is 5.92 Å². The van der Waals surface area contributed by atoms with Crippen LogP contribution in [0.15, 0.2) is 0 Å². The molecule has 0 aliphatic carbocycles. The van der Waals surface area contributed by atoms with E-state index in [4.69, 9.17) is 9.47 Å². The van der Waals surface area contributed by atoms with Gasteiger partial charge in [-0.15, -0.1) is 0 Å². The number of hydrogen-bond acceptors (Lipinski definition) is 4. The lowest BCUT2D eigenvalue weighted by molar-refractivity contribution is -0.161. The van der Waals surface area contributed by atoms with Gasteiger partial charge in [-0.1, -0.05) is 0 Å². The van der Waals surface area contributed by atoms with Crippen LogP contribution in [0.3, 0.4) is 0 Å². The summed E-state index contributed by atoms with van der Waals surface area (Å²) < 4.78 is 10.2. The quantitative estimate of drug-likeness (QED) is 0.397. The number of ether oxygens (including phenoxy) is 2. The molecule has 0 aromatic rings. The Labute approximate surface area is 97.3 Å². The Balaban J connectivity index is 4.07. The first-order valence-corrected chi connectivity index (χ1v) is 5.61. The molecule has 1 unspecified atom stereocenters. The summed E-state index contributed by atoms with van der Waals surface area (Å²) in [5, 5.41) is 0. The number of esters is 1. The standard InChI is InChI=1S/C12H22O4/c1-6-15-8-7-10(13)9(2)11(14)16-12(3,4)5/h9H,6-8H2,1-5H3. The number of rotatable bonds is 6. The summed E-state index contributed by atoms with van der Waals surface area (Å²) in [6.07, 6.45) is 0.258. The van der Waals surface area contributed by atoms with Crippen LogP contribution < -0.4 is 0 Å².